The highest BCUT2D eigenvalue weighted by atomic mass is 31.2. The maximum Gasteiger partial charge on any atom is 0.501 e. The molecule has 4 aromatic rings. The zero-order valence-electron chi connectivity index (χ0n) is 28.2. The van der Waals surface area contributed by atoms with Gasteiger partial charge in [0.15, 0.2) is 17.2 Å². The van der Waals surface area contributed by atoms with Crippen molar-refractivity contribution in [3.8, 4) is 46.0 Å². The van der Waals surface area contributed by atoms with Gasteiger partial charge in [-0.2, -0.15) is 0 Å². The Bertz CT molecular complexity index is 1610. The highest BCUT2D eigenvalue weighted by molar-refractivity contribution is 7.58. The molecule has 0 aliphatic carbocycles. The van der Waals surface area contributed by atoms with Gasteiger partial charge in [0.1, 0.15) is 28.7 Å². The van der Waals surface area contributed by atoms with E-state index < -0.39 is 13.6 Å². The van der Waals surface area contributed by atoms with Crippen LogP contribution in [-0.2, 0) is 0 Å². The minimum atomic E-state index is -3.10. The fourth-order valence-corrected chi connectivity index (χ4v) is 7.53. The van der Waals surface area contributed by atoms with E-state index in [4.69, 9.17) is 42.9 Å². The molecule has 0 heterocycles. The van der Waals surface area contributed by atoms with Crippen LogP contribution in [0.15, 0.2) is 102 Å². The molecule has 0 aliphatic rings. The second-order valence-electron chi connectivity index (χ2n) is 10.4. The van der Waals surface area contributed by atoms with Gasteiger partial charge in [-0.1, -0.05) is 23.1 Å². The summed E-state index contributed by atoms with van der Waals surface area (Å²) in [5.74, 6) is 4.04. The van der Waals surface area contributed by atoms with E-state index in [2.05, 4.69) is 0 Å². The van der Waals surface area contributed by atoms with Gasteiger partial charge in [0.25, 0.3) is 0 Å². The minimum absolute atomic E-state index is 0.316. The molecule has 0 fully saturated rings. The van der Waals surface area contributed by atoms with Crippen molar-refractivity contribution in [3.63, 3.8) is 0 Å². The lowest BCUT2D eigenvalue weighted by Gasteiger charge is -2.47. The molecule has 47 heavy (non-hydrogen) atoms. The largest absolute Gasteiger partial charge is 0.501 e. The Morgan fingerprint density at radius 2 is 0.957 bits per heavy atom. The number of para-hydroxylation sites is 1. The summed E-state index contributed by atoms with van der Waals surface area (Å²) >= 11 is 0. The van der Waals surface area contributed by atoms with Crippen LogP contribution in [0.1, 0.15) is 0 Å². The summed E-state index contributed by atoms with van der Waals surface area (Å²) in [6.45, 7) is 0. The van der Waals surface area contributed by atoms with Crippen LogP contribution in [0, 0.1) is 0 Å². The van der Waals surface area contributed by atoms with Gasteiger partial charge in [0.05, 0.1) is 28.4 Å². The van der Waals surface area contributed by atoms with Gasteiger partial charge in [-0.05, 0) is 101 Å². The van der Waals surface area contributed by atoms with Gasteiger partial charge in [0, 0.05) is 13.1 Å². The van der Waals surface area contributed by atoms with E-state index in [1.54, 1.807) is 107 Å². The highest BCUT2D eigenvalue weighted by Gasteiger charge is 2.54. The second kappa shape index (κ2) is 15.8. The zero-order chi connectivity index (χ0) is 34.0. The molecule has 252 valence electrons. The van der Waals surface area contributed by atoms with Crippen molar-refractivity contribution in [3.05, 3.63) is 97.1 Å². The van der Waals surface area contributed by atoms with E-state index in [9.17, 15) is 0 Å². The summed E-state index contributed by atoms with van der Waals surface area (Å²) in [5, 5.41) is 0. The molecule has 0 radical (unpaired) electrons. The lowest BCUT2D eigenvalue weighted by molar-refractivity contribution is -0.312. The van der Waals surface area contributed by atoms with Gasteiger partial charge in [-0.15, -0.1) is 4.67 Å². The van der Waals surface area contributed by atoms with E-state index in [0.29, 0.717) is 46.0 Å². The smallest absolute Gasteiger partial charge is 0.497 e. The van der Waals surface area contributed by atoms with Gasteiger partial charge in [-0.3, -0.25) is 0 Å². The fourth-order valence-electron chi connectivity index (χ4n) is 4.69. The molecule has 0 saturated heterocycles. The number of benzene rings is 4. The molecule has 0 spiro atoms. The Hall–Kier alpha value is -4.61. The number of hydrogen-bond donors (Lipinski definition) is 0. The average molecular weight is 667 g/mol. The average Bonchev–Trinajstić information content (AvgIpc) is 3.09. The standard InChI is InChI=1S/C34H43N4O8P/c1-36(2)47(37(3)4,35-46-30-21-17-27(40-7)18-22-30)38(5)34(43-28-13-11-10-12-14-28,44-29-19-15-26(39-6)16-20-29)45-32-24-23-31(41-8)25-33(32)42-9/h10-25H,1-9H3. The molecule has 0 aliphatic heterocycles. The fraction of sp³-hybridized carbons (Fsp3) is 0.294. The van der Waals surface area contributed by atoms with Crippen molar-refractivity contribution in [2.75, 3.05) is 63.7 Å². The van der Waals surface area contributed by atoms with Crippen LogP contribution in [-0.4, -0.2) is 83.8 Å². The molecule has 13 heteroatoms. The number of nitrogens with zero attached hydrogens (tertiary/aromatic N) is 4. The Morgan fingerprint density at radius 1 is 0.489 bits per heavy atom. The van der Waals surface area contributed by atoms with Crippen molar-refractivity contribution in [1.82, 2.24) is 14.0 Å². The van der Waals surface area contributed by atoms with E-state index >= 15 is 0 Å². The second-order valence-corrected chi connectivity index (χ2v) is 13.9. The lowest BCUT2D eigenvalue weighted by Crippen LogP contribution is -2.61. The summed E-state index contributed by atoms with van der Waals surface area (Å²) in [6.07, 6.45) is -2.02. The Balaban J connectivity index is 1.97. The van der Waals surface area contributed by atoms with Crippen molar-refractivity contribution >= 4 is 7.51 Å². The van der Waals surface area contributed by atoms with E-state index in [-0.39, 0.29) is 0 Å². The maximum atomic E-state index is 6.85. The number of rotatable bonds is 16. The Labute approximate surface area is 277 Å². The third kappa shape index (κ3) is 8.04. The first kappa shape index (κ1) is 35.2. The van der Waals surface area contributed by atoms with E-state index in [1.165, 1.54) is 0 Å². The van der Waals surface area contributed by atoms with Crippen molar-refractivity contribution in [1.29, 1.82) is 0 Å². The van der Waals surface area contributed by atoms with Gasteiger partial charge in [-0.25, -0.2) is 9.34 Å². The monoisotopic (exact) mass is 666 g/mol. The first-order chi connectivity index (χ1) is 22.6. The molecular formula is C34H43N4O8P. The first-order valence-electron chi connectivity index (χ1n) is 14.6. The quantitative estimate of drug-likeness (QED) is 0.0713. The summed E-state index contributed by atoms with van der Waals surface area (Å²) in [4.78, 5) is 11.0. The Morgan fingerprint density at radius 3 is 1.45 bits per heavy atom. The summed E-state index contributed by atoms with van der Waals surface area (Å²) < 4.78 is 48.0. The molecule has 0 saturated carbocycles. The van der Waals surface area contributed by atoms with Crippen molar-refractivity contribution in [2.45, 2.75) is 6.10 Å². The zero-order valence-corrected chi connectivity index (χ0v) is 29.1. The molecule has 1 unspecified atom stereocenters. The topological polar surface area (TPSA) is 95.9 Å². The molecule has 1 atom stereocenters. The van der Waals surface area contributed by atoms with Crippen LogP contribution in [0.2, 0.25) is 0 Å². The summed E-state index contributed by atoms with van der Waals surface area (Å²) in [6, 6.07) is 28.7. The normalized spacial score (nSPS) is 12.7. The molecular weight excluding hydrogens is 623 g/mol. The van der Waals surface area contributed by atoms with Crippen molar-refractivity contribution < 1.29 is 38.0 Å². The van der Waals surface area contributed by atoms with Crippen LogP contribution in [0.25, 0.3) is 0 Å². The Kier molecular flexibility index (Phi) is 11.8. The summed E-state index contributed by atoms with van der Waals surface area (Å²) in [7, 11) is 12.7. The molecule has 0 aromatic heterocycles. The highest BCUT2D eigenvalue weighted by Crippen LogP contribution is 2.59. The number of ether oxygens (including phenoxy) is 7. The van der Waals surface area contributed by atoms with Gasteiger partial charge in [0.2, 0.25) is 7.51 Å². The maximum absolute atomic E-state index is 6.85. The number of methoxy groups -OCH3 is 4. The number of hydrogen-bond acceptors (Lipinski definition) is 9. The third-order valence-electron chi connectivity index (χ3n) is 7.09. The van der Waals surface area contributed by atoms with Crippen LogP contribution < -0.4 is 38.0 Å². The molecule has 4 aromatic carbocycles. The van der Waals surface area contributed by atoms with Gasteiger partial charge < -0.3 is 38.0 Å². The molecule has 0 amide bonds. The van der Waals surface area contributed by atoms with Gasteiger partial charge >= 0.3 is 6.10 Å². The van der Waals surface area contributed by atoms with Crippen LogP contribution in [0.5, 0.6) is 46.0 Å². The predicted molar refractivity (Wildman–Crippen MR) is 182 cm³/mol. The third-order valence-corrected chi connectivity index (χ3v) is 10.6. The molecule has 4 rings (SSSR count). The first-order valence-corrected chi connectivity index (χ1v) is 16.2. The van der Waals surface area contributed by atoms with Crippen LogP contribution in [0.4, 0.5) is 0 Å². The molecule has 0 N–H and O–H groups in total. The molecule has 0 bridgehead atoms. The SMILES string of the molecule is COc1ccc(ON=P(N(C)C)(N(C)C)N(C)C(Oc2ccccc2)(Oc2ccc(OC)cc2)Oc2ccc(OC)cc2OC)cc1. The van der Waals surface area contributed by atoms with Crippen LogP contribution >= 0.6 is 7.51 Å². The molecule has 12 nitrogen and oxygen atoms in total. The minimum Gasteiger partial charge on any atom is -0.497 e. The summed E-state index contributed by atoms with van der Waals surface area (Å²) in [5.41, 5.74) is 0. The predicted octanol–water partition coefficient (Wildman–Crippen LogP) is 6.86. The van der Waals surface area contributed by atoms with E-state index in [0.717, 1.165) is 0 Å². The van der Waals surface area contributed by atoms with Crippen molar-refractivity contribution in [2.24, 2.45) is 4.91 Å². The lowest BCUT2D eigenvalue weighted by atomic mass is 10.3. The van der Waals surface area contributed by atoms with Crippen LogP contribution in [0.3, 0.4) is 0 Å². The van der Waals surface area contributed by atoms with E-state index in [1.807, 2.05) is 67.9 Å².